The van der Waals surface area contributed by atoms with Crippen molar-refractivity contribution in [1.82, 2.24) is 0 Å². The van der Waals surface area contributed by atoms with Crippen LogP contribution in [0.2, 0.25) is 0 Å². The highest BCUT2D eigenvalue weighted by atomic mass is 16.5. The Morgan fingerprint density at radius 2 is 0.837 bits per heavy atom. The van der Waals surface area contributed by atoms with E-state index in [0.29, 0.717) is 0 Å². The molecular formula is C40H33NO2. The third-order valence-corrected chi connectivity index (χ3v) is 7.51. The lowest BCUT2D eigenvalue weighted by atomic mass is 9.95. The smallest absolute Gasteiger partial charge is 0.118 e. The average Bonchev–Trinajstić information content (AvgIpc) is 3.09. The Bertz CT molecular complexity index is 1690. The molecule has 0 aliphatic rings. The maximum absolute atomic E-state index is 5.39. The number of benzene rings is 6. The van der Waals surface area contributed by atoms with E-state index in [-0.39, 0.29) is 0 Å². The third kappa shape index (κ3) is 6.37. The first-order chi connectivity index (χ1) is 21.2. The Morgan fingerprint density at radius 3 is 1.26 bits per heavy atom. The van der Waals surface area contributed by atoms with Gasteiger partial charge in [0.15, 0.2) is 0 Å². The molecule has 0 saturated carbocycles. The van der Waals surface area contributed by atoms with Gasteiger partial charge in [0.1, 0.15) is 11.5 Å². The van der Waals surface area contributed by atoms with E-state index in [0.717, 1.165) is 50.8 Å². The summed E-state index contributed by atoms with van der Waals surface area (Å²) in [5, 5.41) is 0. The molecule has 0 atom stereocenters. The van der Waals surface area contributed by atoms with Crippen molar-refractivity contribution in [3.63, 3.8) is 0 Å². The van der Waals surface area contributed by atoms with Gasteiger partial charge in [0.2, 0.25) is 0 Å². The van der Waals surface area contributed by atoms with Crippen molar-refractivity contribution < 1.29 is 9.47 Å². The fourth-order valence-corrected chi connectivity index (χ4v) is 5.22. The van der Waals surface area contributed by atoms with Crippen LogP contribution < -0.4 is 14.4 Å². The summed E-state index contributed by atoms with van der Waals surface area (Å²) in [6, 6.07) is 54.8. The van der Waals surface area contributed by atoms with Crippen LogP contribution in [-0.4, -0.2) is 14.2 Å². The summed E-state index contributed by atoms with van der Waals surface area (Å²) in [5.74, 6) is 1.67. The Kier molecular flexibility index (Phi) is 8.33. The van der Waals surface area contributed by atoms with Gasteiger partial charge in [-0.25, -0.2) is 0 Å². The summed E-state index contributed by atoms with van der Waals surface area (Å²) in [5.41, 5.74) is 10.2. The van der Waals surface area contributed by atoms with E-state index in [4.69, 9.17) is 9.47 Å². The fourth-order valence-electron chi connectivity index (χ4n) is 5.22. The number of rotatable bonds is 9. The van der Waals surface area contributed by atoms with Gasteiger partial charge < -0.3 is 14.4 Å². The fraction of sp³-hybridized carbons (Fsp3) is 0.0500. The normalized spacial score (nSPS) is 10.6. The molecule has 6 aromatic rings. The molecule has 0 unspecified atom stereocenters. The molecule has 6 aromatic carbocycles. The van der Waals surface area contributed by atoms with Crippen molar-refractivity contribution in [3.05, 3.63) is 174 Å². The van der Waals surface area contributed by atoms with Crippen LogP contribution >= 0.6 is 0 Å². The Hall–Kier alpha value is -5.54. The van der Waals surface area contributed by atoms with Gasteiger partial charge in [-0.05, 0) is 100 Å². The number of para-hydroxylation sites is 2. The van der Waals surface area contributed by atoms with E-state index in [1.165, 1.54) is 11.1 Å². The first kappa shape index (κ1) is 27.6. The Morgan fingerprint density at radius 1 is 0.442 bits per heavy atom. The number of nitrogens with zero attached hydrogens (tertiary/aromatic N) is 1. The lowest BCUT2D eigenvalue weighted by Gasteiger charge is -2.25. The quantitative estimate of drug-likeness (QED) is 0.165. The van der Waals surface area contributed by atoms with Crippen molar-refractivity contribution in [3.8, 4) is 22.6 Å². The zero-order valence-electron chi connectivity index (χ0n) is 24.4. The maximum atomic E-state index is 5.39. The minimum absolute atomic E-state index is 0.837. The SMILES string of the molecule is COc1ccc(C(=Cc2ccc(-c3ccc(N(c4ccccc4)c4ccccc4)cc3)cc2)c2ccc(OC)cc2)cc1. The Labute approximate surface area is 253 Å². The van der Waals surface area contributed by atoms with E-state index < -0.39 is 0 Å². The first-order valence-electron chi connectivity index (χ1n) is 14.3. The maximum Gasteiger partial charge on any atom is 0.118 e. The zero-order valence-corrected chi connectivity index (χ0v) is 24.4. The molecule has 0 N–H and O–H groups in total. The Balaban J connectivity index is 1.29. The molecule has 0 aromatic heterocycles. The highest BCUT2D eigenvalue weighted by Gasteiger charge is 2.12. The van der Waals surface area contributed by atoms with Crippen molar-refractivity contribution in [2.45, 2.75) is 0 Å². The molecule has 0 amide bonds. The number of methoxy groups -OCH3 is 2. The number of hydrogen-bond donors (Lipinski definition) is 0. The summed E-state index contributed by atoms with van der Waals surface area (Å²) >= 11 is 0. The lowest BCUT2D eigenvalue weighted by Crippen LogP contribution is -2.09. The number of ether oxygens (including phenoxy) is 2. The largest absolute Gasteiger partial charge is 0.497 e. The second-order valence-electron chi connectivity index (χ2n) is 10.2. The van der Waals surface area contributed by atoms with Crippen LogP contribution in [0.25, 0.3) is 22.8 Å². The van der Waals surface area contributed by atoms with E-state index in [2.05, 4.69) is 132 Å². The van der Waals surface area contributed by atoms with Gasteiger partial charge in [-0.15, -0.1) is 0 Å². The van der Waals surface area contributed by atoms with Crippen LogP contribution in [0.15, 0.2) is 158 Å². The molecule has 6 rings (SSSR count). The van der Waals surface area contributed by atoms with Crippen LogP contribution in [-0.2, 0) is 0 Å². The standard InChI is InChI=1S/C40H33NO2/c1-42-38-25-19-33(20-26-38)40(34-21-27-39(43-2)28-22-34)29-30-13-15-31(16-14-30)32-17-23-37(24-18-32)41(35-9-5-3-6-10-35)36-11-7-4-8-12-36/h3-29H,1-2H3. The van der Waals surface area contributed by atoms with Crippen LogP contribution in [0.5, 0.6) is 11.5 Å². The molecular weight excluding hydrogens is 526 g/mol. The van der Waals surface area contributed by atoms with Crippen molar-refractivity contribution >= 4 is 28.7 Å². The summed E-state index contributed by atoms with van der Waals surface area (Å²) in [6.45, 7) is 0. The van der Waals surface area contributed by atoms with Gasteiger partial charge in [0.05, 0.1) is 14.2 Å². The van der Waals surface area contributed by atoms with E-state index in [1.54, 1.807) is 14.2 Å². The predicted octanol–water partition coefficient (Wildman–Crippen LogP) is 10.4. The molecule has 0 fully saturated rings. The highest BCUT2D eigenvalue weighted by Crippen LogP contribution is 2.35. The van der Waals surface area contributed by atoms with Crippen molar-refractivity contribution in [1.29, 1.82) is 0 Å². The van der Waals surface area contributed by atoms with Crippen molar-refractivity contribution in [2.75, 3.05) is 19.1 Å². The van der Waals surface area contributed by atoms with Gasteiger partial charge in [-0.1, -0.05) is 97.1 Å². The molecule has 210 valence electrons. The molecule has 0 heterocycles. The highest BCUT2D eigenvalue weighted by molar-refractivity contribution is 5.92. The van der Waals surface area contributed by atoms with Crippen molar-refractivity contribution in [2.24, 2.45) is 0 Å². The van der Waals surface area contributed by atoms with Gasteiger partial charge >= 0.3 is 0 Å². The van der Waals surface area contributed by atoms with E-state index >= 15 is 0 Å². The topological polar surface area (TPSA) is 21.7 Å². The average molecular weight is 560 g/mol. The summed E-state index contributed by atoms with van der Waals surface area (Å²) < 4.78 is 10.8. The molecule has 3 nitrogen and oxygen atoms in total. The van der Waals surface area contributed by atoms with E-state index in [1.807, 2.05) is 36.4 Å². The molecule has 0 bridgehead atoms. The van der Waals surface area contributed by atoms with Gasteiger partial charge in [0, 0.05) is 17.1 Å². The van der Waals surface area contributed by atoms with Gasteiger partial charge in [-0.3, -0.25) is 0 Å². The van der Waals surface area contributed by atoms with Crippen LogP contribution in [0.3, 0.4) is 0 Å². The minimum atomic E-state index is 0.837. The molecule has 43 heavy (non-hydrogen) atoms. The monoisotopic (exact) mass is 559 g/mol. The van der Waals surface area contributed by atoms with Gasteiger partial charge in [0.25, 0.3) is 0 Å². The summed E-state index contributed by atoms with van der Waals surface area (Å²) in [7, 11) is 3.37. The number of anilines is 3. The molecule has 0 aliphatic heterocycles. The molecule has 3 heteroatoms. The second-order valence-corrected chi connectivity index (χ2v) is 10.2. The van der Waals surface area contributed by atoms with Crippen LogP contribution in [0, 0.1) is 0 Å². The molecule has 0 saturated heterocycles. The lowest BCUT2D eigenvalue weighted by molar-refractivity contribution is 0.414. The molecule has 0 radical (unpaired) electrons. The summed E-state index contributed by atoms with van der Waals surface area (Å²) in [6.07, 6.45) is 2.23. The minimum Gasteiger partial charge on any atom is -0.497 e. The first-order valence-corrected chi connectivity index (χ1v) is 14.3. The molecule has 0 spiro atoms. The number of hydrogen-bond acceptors (Lipinski definition) is 3. The van der Waals surface area contributed by atoms with E-state index in [9.17, 15) is 0 Å². The second kappa shape index (κ2) is 13.0. The van der Waals surface area contributed by atoms with Gasteiger partial charge in [-0.2, -0.15) is 0 Å². The molecule has 0 aliphatic carbocycles. The summed E-state index contributed by atoms with van der Waals surface area (Å²) in [4.78, 5) is 2.28. The van der Waals surface area contributed by atoms with Crippen LogP contribution in [0.4, 0.5) is 17.1 Å². The zero-order chi connectivity index (χ0) is 29.4. The third-order valence-electron chi connectivity index (χ3n) is 7.51. The van der Waals surface area contributed by atoms with Crippen LogP contribution in [0.1, 0.15) is 16.7 Å². The predicted molar refractivity (Wildman–Crippen MR) is 180 cm³/mol.